The van der Waals surface area contributed by atoms with Crippen molar-refractivity contribution in [1.29, 1.82) is 0 Å². The van der Waals surface area contributed by atoms with Crippen LogP contribution in [0.15, 0.2) is 82.6 Å². The van der Waals surface area contributed by atoms with Gasteiger partial charge in [0.1, 0.15) is 11.5 Å². The summed E-state index contributed by atoms with van der Waals surface area (Å²) < 4.78 is 4.09. The Morgan fingerprint density at radius 3 is 1.93 bits per heavy atom. The zero-order valence-electron chi connectivity index (χ0n) is 14.2. The Bertz CT molecular complexity index is 941. The van der Waals surface area contributed by atoms with E-state index in [9.17, 15) is 5.11 Å². The first-order chi connectivity index (χ1) is 13.3. The summed E-state index contributed by atoms with van der Waals surface area (Å²) in [5, 5.41) is 12.5. The molecule has 0 spiro atoms. The molecule has 0 saturated carbocycles. The monoisotopic (exact) mass is 469 g/mol. The molecular weight excluding hydrogens is 457 g/mol. The van der Waals surface area contributed by atoms with Gasteiger partial charge in [0.15, 0.2) is 0 Å². The molecule has 0 aliphatic carbocycles. The highest BCUT2D eigenvalue weighted by Crippen LogP contribution is 2.39. The van der Waals surface area contributed by atoms with Gasteiger partial charge in [0.05, 0.1) is 0 Å². The minimum absolute atomic E-state index is 0.168. The maximum absolute atomic E-state index is 9.28. The molecule has 8 heteroatoms. The van der Waals surface area contributed by atoms with Gasteiger partial charge < -0.3 is 15.2 Å². The molecule has 144 valence electrons. The zero-order chi connectivity index (χ0) is 20.1. The first-order valence-electron chi connectivity index (χ1n) is 8.03. The van der Waals surface area contributed by atoms with E-state index in [4.69, 9.17) is 51.8 Å². The van der Waals surface area contributed by atoms with E-state index in [2.05, 4.69) is 5.32 Å². The van der Waals surface area contributed by atoms with E-state index in [1.807, 2.05) is 36.4 Å². The number of ether oxygens (including phenoxy) is 1. The van der Waals surface area contributed by atoms with Crippen molar-refractivity contribution in [1.82, 2.24) is 0 Å². The average molecular weight is 471 g/mol. The standard InChI is InChI=1S/C20H14Cl3NO2S2/c21-20(22,23)13-1-9-17(10-2-13)28-18-11-3-14(4-12-18)24-19(27)26-16-7-5-15(25)6-8-16/h1-12,25H,(H,24,27). The fourth-order valence-corrected chi connectivity index (χ4v) is 3.63. The number of anilines is 1. The number of rotatable bonds is 4. The second kappa shape index (κ2) is 9.25. The fourth-order valence-electron chi connectivity index (χ4n) is 2.22. The Morgan fingerprint density at radius 2 is 1.39 bits per heavy atom. The van der Waals surface area contributed by atoms with E-state index in [1.165, 1.54) is 12.1 Å². The molecule has 0 radical (unpaired) electrons. The average Bonchev–Trinajstić information content (AvgIpc) is 2.65. The van der Waals surface area contributed by atoms with Crippen LogP contribution in [0.25, 0.3) is 0 Å². The topological polar surface area (TPSA) is 41.5 Å². The Kier molecular flexibility index (Phi) is 6.96. The minimum Gasteiger partial charge on any atom is -0.508 e. The first-order valence-corrected chi connectivity index (χ1v) is 10.4. The van der Waals surface area contributed by atoms with E-state index in [0.717, 1.165) is 15.5 Å². The number of aromatic hydroxyl groups is 1. The predicted octanol–water partition coefficient (Wildman–Crippen LogP) is 7.15. The number of halogens is 3. The number of alkyl halides is 3. The molecule has 0 aliphatic rings. The molecule has 3 nitrogen and oxygen atoms in total. The van der Waals surface area contributed by atoms with Crippen LogP contribution in [-0.2, 0) is 3.79 Å². The molecule has 3 aromatic rings. The second-order valence-electron chi connectivity index (χ2n) is 5.66. The predicted molar refractivity (Wildman–Crippen MR) is 121 cm³/mol. The molecule has 3 rings (SSSR count). The molecule has 0 bridgehead atoms. The zero-order valence-corrected chi connectivity index (χ0v) is 18.1. The number of phenolic OH excluding ortho intramolecular Hbond substituents is 1. The largest absolute Gasteiger partial charge is 0.508 e. The molecular formula is C20H14Cl3NO2S2. The van der Waals surface area contributed by atoms with Crippen LogP contribution >= 0.6 is 58.8 Å². The minimum atomic E-state index is -1.42. The molecule has 0 heterocycles. The van der Waals surface area contributed by atoms with Gasteiger partial charge in [-0.15, -0.1) is 0 Å². The third kappa shape index (κ3) is 6.19. The number of thiocarbonyl (C=S) groups is 1. The molecule has 0 amide bonds. The summed E-state index contributed by atoms with van der Waals surface area (Å²) in [6.45, 7) is 0. The van der Waals surface area contributed by atoms with Crippen LogP contribution < -0.4 is 10.1 Å². The molecule has 0 unspecified atom stereocenters. The van der Waals surface area contributed by atoms with E-state index in [-0.39, 0.29) is 10.9 Å². The summed E-state index contributed by atoms with van der Waals surface area (Å²) in [6, 6.07) is 21.5. The number of hydrogen-bond acceptors (Lipinski definition) is 4. The van der Waals surface area contributed by atoms with E-state index >= 15 is 0 Å². The Balaban J connectivity index is 1.57. The lowest BCUT2D eigenvalue weighted by atomic mass is 10.2. The number of nitrogens with one attached hydrogen (secondary N) is 1. The van der Waals surface area contributed by atoms with Gasteiger partial charge in [-0.3, -0.25) is 0 Å². The molecule has 2 N–H and O–H groups in total. The van der Waals surface area contributed by atoms with Gasteiger partial charge in [-0.25, -0.2) is 0 Å². The Labute approximate surface area is 187 Å². The van der Waals surface area contributed by atoms with Crippen LogP contribution in [0.5, 0.6) is 11.5 Å². The SMILES string of the molecule is Oc1ccc(OC(=S)Nc2ccc(Sc3ccc(C(Cl)(Cl)Cl)cc3)cc2)cc1. The highest BCUT2D eigenvalue weighted by atomic mass is 35.6. The smallest absolute Gasteiger partial charge is 0.266 e. The van der Waals surface area contributed by atoms with Crippen LogP contribution in [0.4, 0.5) is 5.69 Å². The summed E-state index contributed by atoms with van der Waals surface area (Å²) in [4.78, 5) is 2.09. The van der Waals surface area contributed by atoms with E-state index in [1.54, 1.807) is 36.0 Å². The van der Waals surface area contributed by atoms with E-state index < -0.39 is 3.79 Å². The van der Waals surface area contributed by atoms with Gasteiger partial charge in [-0.2, -0.15) is 0 Å². The van der Waals surface area contributed by atoms with Crippen molar-refractivity contribution in [3.8, 4) is 11.5 Å². The Hall–Kier alpha value is -1.63. The number of hydrogen-bond donors (Lipinski definition) is 2. The molecule has 3 aromatic carbocycles. The lowest BCUT2D eigenvalue weighted by molar-refractivity contribution is 0.473. The molecule has 0 aliphatic heterocycles. The summed E-state index contributed by atoms with van der Waals surface area (Å²) in [6.07, 6.45) is 0. The maximum Gasteiger partial charge on any atom is 0.266 e. The summed E-state index contributed by atoms with van der Waals surface area (Å²) in [5.41, 5.74) is 1.43. The fraction of sp³-hybridized carbons (Fsp3) is 0.0500. The van der Waals surface area contributed by atoms with Crippen molar-refractivity contribution in [2.45, 2.75) is 13.6 Å². The van der Waals surface area contributed by atoms with Crippen molar-refractivity contribution in [3.63, 3.8) is 0 Å². The van der Waals surface area contributed by atoms with Gasteiger partial charge >= 0.3 is 0 Å². The summed E-state index contributed by atoms with van der Waals surface area (Å²) in [5.74, 6) is 0.710. The third-order valence-corrected chi connectivity index (χ3v) is 5.42. The third-order valence-electron chi connectivity index (χ3n) is 3.57. The lowest BCUT2D eigenvalue weighted by Gasteiger charge is -2.12. The van der Waals surface area contributed by atoms with Crippen molar-refractivity contribution in [2.75, 3.05) is 5.32 Å². The molecule has 28 heavy (non-hydrogen) atoms. The van der Waals surface area contributed by atoms with Crippen LogP contribution in [-0.4, -0.2) is 10.3 Å². The van der Waals surface area contributed by atoms with Crippen LogP contribution in [0.2, 0.25) is 0 Å². The van der Waals surface area contributed by atoms with Gasteiger partial charge in [0.2, 0.25) is 3.79 Å². The van der Waals surface area contributed by atoms with Gasteiger partial charge in [-0.05, 0) is 72.9 Å². The summed E-state index contributed by atoms with van der Waals surface area (Å²) in [7, 11) is 0. The van der Waals surface area contributed by atoms with Crippen molar-refractivity contribution >= 4 is 69.6 Å². The molecule has 0 fully saturated rings. The number of phenols is 1. The maximum atomic E-state index is 9.28. The Morgan fingerprint density at radius 1 is 0.857 bits per heavy atom. The van der Waals surface area contributed by atoms with E-state index in [0.29, 0.717) is 11.3 Å². The van der Waals surface area contributed by atoms with Crippen molar-refractivity contribution < 1.29 is 9.84 Å². The van der Waals surface area contributed by atoms with Gasteiger partial charge in [-0.1, -0.05) is 58.7 Å². The molecule has 0 atom stereocenters. The van der Waals surface area contributed by atoms with Crippen LogP contribution in [0.1, 0.15) is 5.56 Å². The quantitative estimate of drug-likeness (QED) is 0.313. The lowest BCUT2D eigenvalue weighted by Crippen LogP contribution is -2.16. The molecule has 0 aromatic heterocycles. The second-order valence-corrected chi connectivity index (χ2v) is 9.46. The summed E-state index contributed by atoms with van der Waals surface area (Å²) >= 11 is 24.4. The first kappa shape index (κ1) is 21.1. The number of benzene rings is 3. The molecule has 0 saturated heterocycles. The van der Waals surface area contributed by atoms with Gasteiger partial charge in [0, 0.05) is 21.0 Å². The van der Waals surface area contributed by atoms with Gasteiger partial charge in [0.25, 0.3) is 5.17 Å². The van der Waals surface area contributed by atoms with Crippen LogP contribution in [0.3, 0.4) is 0 Å². The highest BCUT2D eigenvalue weighted by molar-refractivity contribution is 7.99. The highest BCUT2D eigenvalue weighted by Gasteiger charge is 2.22. The normalized spacial score (nSPS) is 11.1. The van der Waals surface area contributed by atoms with Crippen LogP contribution in [0, 0.1) is 0 Å². The van der Waals surface area contributed by atoms with Crippen molar-refractivity contribution in [3.05, 3.63) is 78.4 Å². The van der Waals surface area contributed by atoms with Crippen molar-refractivity contribution in [2.24, 2.45) is 0 Å².